The first-order valence-electron chi connectivity index (χ1n) is 10.9. The van der Waals surface area contributed by atoms with Gasteiger partial charge in [-0.3, -0.25) is 9.89 Å². The van der Waals surface area contributed by atoms with Gasteiger partial charge >= 0.3 is 0 Å². The summed E-state index contributed by atoms with van der Waals surface area (Å²) in [7, 11) is 0. The molecule has 0 bridgehead atoms. The minimum absolute atomic E-state index is 0.0448. The number of likely N-dealkylation sites (N-methyl/N-ethyl adjacent to an activating group) is 1. The second-order valence-electron chi connectivity index (χ2n) is 7.93. The monoisotopic (exact) mass is 409 g/mol. The zero-order chi connectivity index (χ0) is 20.9. The van der Waals surface area contributed by atoms with Crippen LogP contribution < -0.4 is 10.2 Å². The van der Waals surface area contributed by atoms with E-state index in [0.717, 1.165) is 57.5 Å². The lowest BCUT2D eigenvalue weighted by Crippen LogP contribution is -2.46. The Balaban J connectivity index is 1.40. The molecular formula is C22H31N7O. The van der Waals surface area contributed by atoms with E-state index in [2.05, 4.69) is 61.3 Å². The topological polar surface area (TPSA) is 92.9 Å². The maximum absolute atomic E-state index is 12.8. The van der Waals surface area contributed by atoms with Crippen LogP contribution in [0.4, 0.5) is 5.95 Å². The van der Waals surface area contributed by atoms with Crippen LogP contribution in [-0.4, -0.2) is 69.7 Å². The minimum Gasteiger partial charge on any atom is -0.361 e. The average molecular weight is 410 g/mol. The van der Waals surface area contributed by atoms with E-state index in [4.69, 9.17) is 0 Å². The number of anilines is 1. The summed E-state index contributed by atoms with van der Waals surface area (Å²) in [5.74, 6) is 0.696. The van der Waals surface area contributed by atoms with E-state index in [9.17, 15) is 4.79 Å². The van der Waals surface area contributed by atoms with Gasteiger partial charge in [0.2, 0.25) is 11.8 Å². The van der Waals surface area contributed by atoms with Crippen LogP contribution in [0.3, 0.4) is 0 Å². The predicted molar refractivity (Wildman–Crippen MR) is 119 cm³/mol. The van der Waals surface area contributed by atoms with Crippen molar-refractivity contribution in [3.63, 3.8) is 0 Å². The van der Waals surface area contributed by atoms with Crippen LogP contribution in [0.15, 0.2) is 30.5 Å². The second kappa shape index (κ2) is 9.30. The number of piperazine rings is 1. The van der Waals surface area contributed by atoms with Crippen molar-refractivity contribution >= 4 is 22.8 Å². The zero-order valence-corrected chi connectivity index (χ0v) is 17.8. The largest absolute Gasteiger partial charge is 0.361 e. The van der Waals surface area contributed by atoms with Crippen molar-refractivity contribution in [3.05, 3.63) is 41.9 Å². The molecule has 3 heterocycles. The highest BCUT2D eigenvalue weighted by Gasteiger charge is 2.22. The third-order valence-corrected chi connectivity index (χ3v) is 5.90. The average Bonchev–Trinajstić information content (AvgIpc) is 3.42. The Labute approximate surface area is 177 Å². The number of carbonyl (C=O) groups excluding carboxylic acids is 1. The fourth-order valence-corrected chi connectivity index (χ4v) is 4.15. The molecule has 8 nitrogen and oxygen atoms in total. The molecule has 0 aliphatic carbocycles. The number of fused-ring (bicyclic) bond motifs is 1. The van der Waals surface area contributed by atoms with Crippen molar-refractivity contribution in [2.24, 2.45) is 0 Å². The number of aromatic amines is 2. The zero-order valence-electron chi connectivity index (χ0n) is 17.8. The number of hydrogen-bond acceptors (Lipinski definition) is 5. The highest BCUT2D eigenvalue weighted by atomic mass is 16.2. The van der Waals surface area contributed by atoms with E-state index in [1.165, 1.54) is 10.9 Å². The van der Waals surface area contributed by atoms with Crippen molar-refractivity contribution in [2.75, 3.05) is 37.6 Å². The van der Waals surface area contributed by atoms with Crippen molar-refractivity contribution < 1.29 is 4.79 Å². The first-order valence-corrected chi connectivity index (χ1v) is 10.9. The lowest BCUT2D eigenvalue weighted by atomic mass is 10.0. The maximum Gasteiger partial charge on any atom is 0.288 e. The van der Waals surface area contributed by atoms with Gasteiger partial charge in [-0.1, -0.05) is 38.5 Å². The van der Waals surface area contributed by atoms with Crippen LogP contribution in [0, 0.1) is 0 Å². The fourth-order valence-electron chi connectivity index (χ4n) is 4.15. The third kappa shape index (κ3) is 4.48. The number of nitrogens with zero attached hydrogens (tertiary/aromatic N) is 4. The van der Waals surface area contributed by atoms with Crippen molar-refractivity contribution in [1.82, 2.24) is 30.4 Å². The molecule has 3 aromatic rings. The molecule has 1 atom stereocenters. The molecular weight excluding hydrogens is 378 g/mol. The third-order valence-electron chi connectivity index (χ3n) is 5.90. The molecule has 1 aromatic carbocycles. The number of aromatic nitrogens is 4. The van der Waals surface area contributed by atoms with E-state index in [0.29, 0.717) is 5.95 Å². The maximum atomic E-state index is 12.8. The Bertz CT molecular complexity index is 971. The van der Waals surface area contributed by atoms with Crippen LogP contribution >= 0.6 is 0 Å². The normalized spacial score (nSPS) is 16.1. The smallest absolute Gasteiger partial charge is 0.288 e. The molecule has 1 unspecified atom stereocenters. The fraction of sp³-hybridized carbons (Fsp3) is 0.500. The van der Waals surface area contributed by atoms with E-state index in [-0.39, 0.29) is 17.8 Å². The summed E-state index contributed by atoms with van der Waals surface area (Å²) >= 11 is 0. The molecule has 30 heavy (non-hydrogen) atoms. The highest BCUT2D eigenvalue weighted by Crippen LogP contribution is 2.20. The Morgan fingerprint density at radius 3 is 2.77 bits per heavy atom. The number of hydrogen-bond donors (Lipinski definition) is 3. The van der Waals surface area contributed by atoms with Gasteiger partial charge in [-0.15, -0.1) is 5.10 Å². The van der Waals surface area contributed by atoms with Gasteiger partial charge in [0.25, 0.3) is 5.91 Å². The molecule has 2 aromatic heterocycles. The Morgan fingerprint density at radius 1 is 1.20 bits per heavy atom. The standard InChI is InChI=1S/C22H31N7O/c1-3-7-17(14-16-15-23-19-9-6-5-8-18(16)19)24-21(30)20-25-22(27-26-20)29-12-10-28(4-2)11-13-29/h5-6,8-9,15,17,23H,3-4,7,10-14H2,1-2H3,(H,24,30)(H,25,26,27). The van der Waals surface area contributed by atoms with Crippen molar-refractivity contribution in [2.45, 2.75) is 39.2 Å². The number of para-hydroxylation sites is 1. The van der Waals surface area contributed by atoms with Gasteiger partial charge in [0.1, 0.15) is 0 Å². The molecule has 1 saturated heterocycles. The van der Waals surface area contributed by atoms with E-state index in [1.54, 1.807) is 0 Å². The minimum atomic E-state index is -0.195. The molecule has 1 amide bonds. The first-order chi connectivity index (χ1) is 14.7. The number of carbonyl (C=O) groups is 1. The number of benzene rings is 1. The Morgan fingerprint density at radius 2 is 2.00 bits per heavy atom. The summed E-state index contributed by atoms with van der Waals surface area (Å²) in [6, 6.07) is 8.31. The molecule has 1 aliphatic heterocycles. The SMILES string of the molecule is CCCC(Cc1c[nH]c2ccccc12)NC(=O)c1nc(N2CCN(CC)CC2)n[nH]1. The van der Waals surface area contributed by atoms with Crippen LogP contribution in [0.2, 0.25) is 0 Å². The molecule has 4 rings (SSSR count). The number of rotatable bonds is 8. The van der Waals surface area contributed by atoms with Gasteiger partial charge in [-0.2, -0.15) is 4.98 Å². The first kappa shape index (κ1) is 20.4. The van der Waals surface area contributed by atoms with Crippen molar-refractivity contribution in [1.29, 1.82) is 0 Å². The quantitative estimate of drug-likeness (QED) is 0.532. The van der Waals surface area contributed by atoms with Gasteiger partial charge in [-0.25, -0.2) is 0 Å². The summed E-state index contributed by atoms with van der Waals surface area (Å²) in [6.07, 6.45) is 4.73. The molecule has 1 aliphatic rings. The molecule has 0 spiro atoms. The number of H-pyrrole nitrogens is 2. The number of amides is 1. The summed E-state index contributed by atoms with van der Waals surface area (Å²) in [4.78, 5) is 25.2. The van der Waals surface area contributed by atoms with Crippen molar-refractivity contribution in [3.8, 4) is 0 Å². The van der Waals surface area contributed by atoms with Gasteiger partial charge < -0.3 is 20.1 Å². The van der Waals surface area contributed by atoms with Gasteiger partial charge in [0.05, 0.1) is 0 Å². The second-order valence-corrected chi connectivity index (χ2v) is 7.93. The molecule has 8 heteroatoms. The van der Waals surface area contributed by atoms with Crippen LogP contribution in [0.5, 0.6) is 0 Å². The molecule has 3 N–H and O–H groups in total. The van der Waals surface area contributed by atoms with Crippen LogP contribution in [0.1, 0.15) is 42.9 Å². The van der Waals surface area contributed by atoms with Gasteiger partial charge in [0.15, 0.2) is 0 Å². The lowest BCUT2D eigenvalue weighted by molar-refractivity contribution is 0.0924. The molecule has 1 fully saturated rings. The van der Waals surface area contributed by atoms with E-state index >= 15 is 0 Å². The summed E-state index contributed by atoms with van der Waals surface area (Å²) in [6.45, 7) is 9.12. The summed E-state index contributed by atoms with van der Waals surface area (Å²) in [5.41, 5.74) is 2.34. The van der Waals surface area contributed by atoms with Gasteiger partial charge in [-0.05, 0) is 31.0 Å². The molecule has 160 valence electrons. The predicted octanol–water partition coefficient (Wildman–Crippen LogP) is 2.57. The van der Waals surface area contributed by atoms with Gasteiger partial charge in [0, 0.05) is 49.3 Å². The van der Waals surface area contributed by atoms with E-state index in [1.807, 2.05) is 18.3 Å². The summed E-state index contributed by atoms with van der Waals surface area (Å²) < 4.78 is 0. The van der Waals surface area contributed by atoms with Crippen LogP contribution in [-0.2, 0) is 6.42 Å². The Kier molecular flexibility index (Phi) is 6.32. The molecule has 0 radical (unpaired) electrons. The van der Waals surface area contributed by atoms with E-state index < -0.39 is 0 Å². The summed E-state index contributed by atoms with van der Waals surface area (Å²) in [5, 5.41) is 11.5. The number of nitrogens with one attached hydrogen (secondary N) is 3. The van der Waals surface area contributed by atoms with Crippen LogP contribution in [0.25, 0.3) is 10.9 Å². The Hall–Kier alpha value is -2.87. The highest BCUT2D eigenvalue weighted by molar-refractivity contribution is 5.91. The molecule has 0 saturated carbocycles. The lowest BCUT2D eigenvalue weighted by Gasteiger charge is -2.33.